The van der Waals surface area contributed by atoms with Gasteiger partial charge in [0.15, 0.2) is 13.2 Å². The molecule has 0 aromatic carbocycles. The Balaban J connectivity index is 1.42. The normalized spacial score (nSPS) is 20.2. The van der Waals surface area contributed by atoms with Gasteiger partial charge in [-0.25, -0.2) is 4.79 Å². The zero-order valence-corrected chi connectivity index (χ0v) is 14.9. The average molecular weight is 363 g/mol. The molecule has 1 N–H and O–H groups in total. The van der Waals surface area contributed by atoms with Crippen molar-refractivity contribution in [3.05, 3.63) is 17.5 Å². The fourth-order valence-electron chi connectivity index (χ4n) is 2.90. The highest BCUT2D eigenvalue weighted by atomic mass is 32.1. The Morgan fingerprint density at radius 2 is 2.24 bits per heavy atom. The maximum atomic E-state index is 11.9. The van der Waals surface area contributed by atoms with Crippen LogP contribution in [0.15, 0.2) is 17.5 Å². The molecule has 0 radical (unpaired) electrons. The second-order valence-electron chi connectivity index (χ2n) is 6.22. The first-order valence-electron chi connectivity index (χ1n) is 8.38. The van der Waals surface area contributed by atoms with Crippen LogP contribution < -0.4 is 5.32 Å². The second-order valence-corrected chi connectivity index (χ2v) is 7.16. The maximum Gasteiger partial charge on any atom is 0.330 e. The lowest BCUT2D eigenvalue weighted by atomic mass is 9.86. The number of ether oxygens (including phenoxy) is 1. The van der Waals surface area contributed by atoms with E-state index in [0.717, 1.165) is 24.1 Å². The first-order chi connectivity index (χ1) is 12.1. The lowest BCUT2D eigenvalue weighted by molar-refractivity contribution is -0.149. The monoisotopic (exact) mass is 363 g/mol. The van der Waals surface area contributed by atoms with E-state index in [1.165, 1.54) is 22.6 Å². The molecule has 3 rings (SSSR count). The molecule has 1 amide bonds. The van der Waals surface area contributed by atoms with Crippen molar-refractivity contribution in [1.29, 1.82) is 0 Å². The smallest absolute Gasteiger partial charge is 0.330 e. The molecule has 0 aliphatic heterocycles. The third kappa shape index (κ3) is 4.85. The number of esters is 1. The van der Waals surface area contributed by atoms with Crippen molar-refractivity contribution < 1.29 is 14.3 Å². The van der Waals surface area contributed by atoms with Gasteiger partial charge in [0.05, 0.1) is 4.88 Å². The van der Waals surface area contributed by atoms with E-state index in [-0.39, 0.29) is 25.1 Å². The zero-order valence-electron chi connectivity index (χ0n) is 14.1. The predicted octanol–water partition coefficient (Wildman–Crippen LogP) is 1.64. The minimum atomic E-state index is -0.568. The minimum Gasteiger partial charge on any atom is -0.454 e. The Kier molecular flexibility index (Phi) is 5.75. The van der Waals surface area contributed by atoms with E-state index < -0.39 is 5.97 Å². The van der Waals surface area contributed by atoms with Gasteiger partial charge in [-0.3, -0.25) is 4.79 Å². The van der Waals surface area contributed by atoms with E-state index in [2.05, 4.69) is 27.7 Å². The number of nitrogens with zero attached hydrogens (tertiary/aromatic N) is 4. The molecule has 1 aliphatic rings. The number of amides is 1. The molecular formula is C16H21N5O3S. The molecule has 2 aromatic rings. The van der Waals surface area contributed by atoms with Crippen molar-refractivity contribution >= 4 is 23.2 Å². The largest absolute Gasteiger partial charge is 0.454 e. The predicted molar refractivity (Wildman–Crippen MR) is 91.7 cm³/mol. The Hall–Kier alpha value is -2.29. The summed E-state index contributed by atoms with van der Waals surface area (Å²) in [7, 11) is 0. The topological polar surface area (TPSA) is 99.0 Å². The molecule has 9 heteroatoms. The van der Waals surface area contributed by atoms with Crippen molar-refractivity contribution in [3.8, 4) is 10.7 Å². The fraction of sp³-hybridized carbons (Fsp3) is 0.562. The van der Waals surface area contributed by atoms with E-state index in [1.54, 1.807) is 0 Å². The van der Waals surface area contributed by atoms with Crippen molar-refractivity contribution in [2.45, 2.75) is 45.2 Å². The molecule has 1 saturated carbocycles. The number of thiophene rings is 1. The van der Waals surface area contributed by atoms with E-state index in [1.807, 2.05) is 17.5 Å². The number of hydrogen-bond acceptors (Lipinski definition) is 7. The second kappa shape index (κ2) is 8.19. The Morgan fingerprint density at radius 3 is 3.00 bits per heavy atom. The molecule has 0 saturated heterocycles. The molecule has 0 unspecified atom stereocenters. The molecule has 2 atom stereocenters. The number of tetrazole rings is 1. The third-order valence-electron chi connectivity index (χ3n) is 4.29. The minimum absolute atomic E-state index is 0.172. The van der Waals surface area contributed by atoms with Crippen molar-refractivity contribution in [2.24, 2.45) is 5.92 Å². The number of nitrogens with one attached hydrogen (secondary N) is 1. The highest BCUT2D eigenvalue weighted by Gasteiger charge is 2.23. The lowest BCUT2D eigenvalue weighted by Crippen LogP contribution is -2.43. The van der Waals surface area contributed by atoms with Crippen LogP contribution in [0, 0.1) is 5.92 Å². The van der Waals surface area contributed by atoms with Crippen LogP contribution in [0.2, 0.25) is 0 Å². The molecule has 0 spiro atoms. The van der Waals surface area contributed by atoms with Gasteiger partial charge in [0.1, 0.15) is 0 Å². The van der Waals surface area contributed by atoms with Gasteiger partial charge in [0, 0.05) is 6.04 Å². The van der Waals surface area contributed by atoms with Crippen molar-refractivity contribution in [3.63, 3.8) is 0 Å². The van der Waals surface area contributed by atoms with Gasteiger partial charge in [-0.2, -0.15) is 4.80 Å². The number of rotatable bonds is 6. The van der Waals surface area contributed by atoms with Crippen LogP contribution in [0.1, 0.15) is 32.6 Å². The third-order valence-corrected chi connectivity index (χ3v) is 5.15. The van der Waals surface area contributed by atoms with Crippen molar-refractivity contribution in [1.82, 2.24) is 25.5 Å². The Labute approximate surface area is 149 Å². The summed E-state index contributed by atoms with van der Waals surface area (Å²) >= 11 is 1.49. The van der Waals surface area contributed by atoms with Crippen LogP contribution in [-0.4, -0.2) is 44.7 Å². The highest BCUT2D eigenvalue weighted by molar-refractivity contribution is 7.13. The first kappa shape index (κ1) is 17.5. The lowest BCUT2D eigenvalue weighted by Gasteiger charge is -2.29. The van der Waals surface area contributed by atoms with Gasteiger partial charge in [-0.05, 0) is 35.4 Å². The Morgan fingerprint density at radius 1 is 1.40 bits per heavy atom. The van der Waals surface area contributed by atoms with Gasteiger partial charge in [-0.15, -0.1) is 21.5 Å². The summed E-state index contributed by atoms with van der Waals surface area (Å²) < 4.78 is 5.01. The molecule has 0 bridgehead atoms. The van der Waals surface area contributed by atoms with E-state index in [4.69, 9.17) is 4.74 Å². The van der Waals surface area contributed by atoms with Crippen LogP contribution in [0.3, 0.4) is 0 Å². The molecule has 134 valence electrons. The van der Waals surface area contributed by atoms with Gasteiger partial charge in [0.2, 0.25) is 5.82 Å². The molecule has 2 heterocycles. The zero-order chi connectivity index (χ0) is 17.6. The van der Waals surface area contributed by atoms with Crippen molar-refractivity contribution in [2.75, 3.05) is 6.61 Å². The number of carbonyl (C=O) groups excluding carboxylic acids is 2. The van der Waals surface area contributed by atoms with Crippen LogP contribution in [0.4, 0.5) is 0 Å². The van der Waals surface area contributed by atoms with E-state index in [0.29, 0.717) is 11.7 Å². The fourth-order valence-corrected chi connectivity index (χ4v) is 3.55. The first-order valence-corrected chi connectivity index (χ1v) is 9.26. The highest BCUT2D eigenvalue weighted by Crippen LogP contribution is 2.23. The molecule has 8 nitrogen and oxygen atoms in total. The van der Waals surface area contributed by atoms with E-state index >= 15 is 0 Å². The summed E-state index contributed by atoms with van der Waals surface area (Å²) in [6.07, 6.45) is 4.44. The van der Waals surface area contributed by atoms with Crippen LogP contribution in [0.5, 0.6) is 0 Å². The summed E-state index contributed by atoms with van der Waals surface area (Å²) in [6, 6.07) is 3.94. The quantitative estimate of drug-likeness (QED) is 0.783. The summed E-state index contributed by atoms with van der Waals surface area (Å²) in [6.45, 7) is 1.68. The Bertz CT molecular complexity index is 715. The standard InChI is InChI=1S/C16H21N5O3S/c1-11-5-2-3-6-12(11)17-14(22)10-24-15(23)9-21-19-16(18-20-21)13-7-4-8-25-13/h4,7-8,11-12H,2-3,5-6,9-10H2,1H3,(H,17,22)/t11-,12-/m0/s1. The molecule has 1 fully saturated rings. The molecule has 25 heavy (non-hydrogen) atoms. The molecule has 1 aliphatic carbocycles. The molecule has 2 aromatic heterocycles. The number of hydrogen-bond donors (Lipinski definition) is 1. The summed E-state index contributed by atoms with van der Waals surface area (Å²) in [5, 5.41) is 16.7. The van der Waals surface area contributed by atoms with Crippen LogP contribution in [0.25, 0.3) is 10.7 Å². The van der Waals surface area contributed by atoms with Crippen LogP contribution >= 0.6 is 11.3 Å². The van der Waals surface area contributed by atoms with Gasteiger partial charge in [0.25, 0.3) is 5.91 Å². The maximum absolute atomic E-state index is 11.9. The average Bonchev–Trinajstić information content (AvgIpc) is 3.26. The van der Waals surface area contributed by atoms with Gasteiger partial charge >= 0.3 is 5.97 Å². The number of carbonyl (C=O) groups is 2. The summed E-state index contributed by atoms with van der Waals surface area (Å²) in [5.41, 5.74) is 0. The van der Waals surface area contributed by atoms with E-state index in [9.17, 15) is 9.59 Å². The van der Waals surface area contributed by atoms with Gasteiger partial charge in [-0.1, -0.05) is 25.8 Å². The number of aromatic nitrogens is 4. The molecular weight excluding hydrogens is 342 g/mol. The van der Waals surface area contributed by atoms with Crippen LogP contribution in [-0.2, 0) is 20.9 Å². The van der Waals surface area contributed by atoms with Gasteiger partial charge < -0.3 is 10.1 Å². The SMILES string of the molecule is C[C@H]1CCCC[C@@H]1NC(=O)COC(=O)Cn1nnc(-c2cccs2)n1. The summed E-state index contributed by atoms with van der Waals surface area (Å²) in [5.74, 6) is 0.0927. The summed E-state index contributed by atoms with van der Waals surface area (Å²) in [4.78, 5) is 25.8.